The molecule has 1 unspecified atom stereocenters. The summed E-state index contributed by atoms with van der Waals surface area (Å²) in [5.41, 5.74) is 0.374. The molecule has 26 heavy (non-hydrogen) atoms. The minimum atomic E-state index is -0.576. The number of nitrogens with one attached hydrogen (secondary N) is 1. The molecule has 2 aromatic carbocycles. The molecule has 1 atom stereocenters. The summed E-state index contributed by atoms with van der Waals surface area (Å²) in [6.45, 7) is 1.27. The SMILES string of the molecule is O=C(Nc1ccc(OCC2CCCO2)cc1)c1cc([N+](=O)[O-])ccc1Cl. The quantitative estimate of drug-likeness (QED) is 0.606. The van der Waals surface area contributed by atoms with Gasteiger partial charge in [-0.15, -0.1) is 0 Å². The fourth-order valence-electron chi connectivity index (χ4n) is 2.60. The summed E-state index contributed by atoms with van der Waals surface area (Å²) in [6.07, 6.45) is 2.18. The molecule has 2 aromatic rings. The number of rotatable bonds is 6. The van der Waals surface area contributed by atoms with Crippen LogP contribution in [0.25, 0.3) is 0 Å². The highest BCUT2D eigenvalue weighted by molar-refractivity contribution is 6.34. The standard InChI is InChI=1S/C18H17ClN2O5/c19-17-8-5-13(21(23)24)10-16(17)18(22)20-12-3-6-14(7-4-12)26-11-15-2-1-9-25-15/h3-8,10,15H,1-2,9,11H2,(H,20,22). The molecule has 1 saturated heterocycles. The van der Waals surface area contributed by atoms with Crippen molar-refractivity contribution in [3.63, 3.8) is 0 Å². The van der Waals surface area contributed by atoms with Crippen molar-refractivity contribution < 1.29 is 19.2 Å². The van der Waals surface area contributed by atoms with E-state index in [0.29, 0.717) is 18.0 Å². The number of nitrogens with zero attached hydrogens (tertiary/aromatic N) is 1. The van der Waals surface area contributed by atoms with Crippen LogP contribution in [-0.4, -0.2) is 30.1 Å². The van der Waals surface area contributed by atoms with Gasteiger partial charge in [0.2, 0.25) is 0 Å². The summed E-state index contributed by atoms with van der Waals surface area (Å²) in [4.78, 5) is 22.6. The van der Waals surface area contributed by atoms with E-state index < -0.39 is 10.8 Å². The molecule has 7 nitrogen and oxygen atoms in total. The zero-order valence-corrected chi connectivity index (χ0v) is 14.6. The first kappa shape index (κ1) is 18.2. The highest BCUT2D eigenvalue weighted by atomic mass is 35.5. The average Bonchev–Trinajstić information content (AvgIpc) is 3.15. The van der Waals surface area contributed by atoms with E-state index in [4.69, 9.17) is 21.1 Å². The zero-order valence-electron chi connectivity index (χ0n) is 13.8. The van der Waals surface area contributed by atoms with Gasteiger partial charge < -0.3 is 14.8 Å². The van der Waals surface area contributed by atoms with E-state index in [2.05, 4.69) is 5.32 Å². The molecule has 1 aliphatic heterocycles. The van der Waals surface area contributed by atoms with Crippen LogP contribution in [0.2, 0.25) is 5.02 Å². The highest BCUT2D eigenvalue weighted by Gasteiger charge is 2.17. The predicted molar refractivity (Wildman–Crippen MR) is 97.0 cm³/mol. The monoisotopic (exact) mass is 376 g/mol. The fraction of sp³-hybridized carbons (Fsp3) is 0.278. The van der Waals surface area contributed by atoms with Crippen molar-refractivity contribution in [1.82, 2.24) is 0 Å². The lowest BCUT2D eigenvalue weighted by Gasteiger charge is -2.12. The normalized spacial score (nSPS) is 16.3. The Labute approximate surface area is 155 Å². The number of halogens is 1. The highest BCUT2D eigenvalue weighted by Crippen LogP contribution is 2.24. The minimum Gasteiger partial charge on any atom is -0.491 e. The van der Waals surface area contributed by atoms with E-state index >= 15 is 0 Å². The zero-order chi connectivity index (χ0) is 18.5. The number of nitro groups is 1. The molecule has 1 heterocycles. The van der Waals surface area contributed by atoms with E-state index in [9.17, 15) is 14.9 Å². The van der Waals surface area contributed by atoms with Gasteiger partial charge in [0, 0.05) is 24.4 Å². The third-order valence-corrected chi connectivity index (χ3v) is 4.31. The second-order valence-electron chi connectivity index (χ2n) is 5.85. The summed E-state index contributed by atoms with van der Waals surface area (Å²) in [5, 5.41) is 13.7. The number of carbonyl (C=O) groups excluding carboxylic acids is 1. The molecule has 0 saturated carbocycles. The van der Waals surface area contributed by atoms with Crippen molar-refractivity contribution >= 4 is 28.9 Å². The molecule has 0 bridgehead atoms. The van der Waals surface area contributed by atoms with Crippen LogP contribution in [0, 0.1) is 10.1 Å². The topological polar surface area (TPSA) is 90.7 Å². The van der Waals surface area contributed by atoms with Crippen molar-refractivity contribution in [2.75, 3.05) is 18.5 Å². The van der Waals surface area contributed by atoms with Gasteiger partial charge >= 0.3 is 0 Å². The summed E-state index contributed by atoms with van der Waals surface area (Å²) >= 11 is 5.98. The smallest absolute Gasteiger partial charge is 0.270 e. The Morgan fingerprint density at radius 3 is 2.73 bits per heavy atom. The Morgan fingerprint density at radius 2 is 2.08 bits per heavy atom. The molecule has 0 radical (unpaired) electrons. The van der Waals surface area contributed by atoms with Crippen LogP contribution < -0.4 is 10.1 Å². The van der Waals surface area contributed by atoms with Gasteiger partial charge in [0.05, 0.1) is 21.6 Å². The fourth-order valence-corrected chi connectivity index (χ4v) is 2.80. The summed E-state index contributed by atoms with van der Waals surface area (Å²) < 4.78 is 11.2. The van der Waals surface area contributed by atoms with Crippen LogP contribution in [0.4, 0.5) is 11.4 Å². The number of benzene rings is 2. The first-order valence-corrected chi connectivity index (χ1v) is 8.50. The van der Waals surface area contributed by atoms with Crippen molar-refractivity contribution in [3.8, 4) is 5.75 Å². The molecule has 1 fully saturated rings. The van der Waals surface area contributed by atoms with Crippen molar-refractivity contribution in [3.05, 3.63) is 63.2 Å². The molecule has 1 amide bonds. The van der Waals surface area contributed by atoms with Gasteiger partial charge in [-0.05, 0) is 43.2 Å². The lowest BCUT2D eigenvalue weighted by Crippen LogP contribution is -2.16. The largest absolute Gasteiger partial charge is 0.491 e. The maximum atomic E-state index is 12.3. The van der Waals surface area contributed by atoms with Crippen LogP contribution in [-0.2, 0) is 4.74 Å². The maximum Gasteiger partial charge on any atom is 0.270 e. The second kappa shape index (κ2) is 8.16. The van der Waals surface area contributed by atoms with Gasteiger partial charge in [0.15, 0.2) is 0 Å². The van der Waals surface area contributed by atoms with Gasteiger partial charge in [0.25, 0.3) is 11.6 Å². The maximum absolute atomic E-state index is 12.3. The van der Waals surface area contributed by atoms with Gasteiger partial charge in [-0.2, -0.15) is 0 Å². The average molecular weight is 377 g/mol. The minimum absolute atomic E-state index is 0.0413. The Balaban J connectivity index is 1.62. The van der Waals surface area contributed by atoms with Crippen molar-refractivity contribution in [1.29, 1.82) is 0 Å². The van der Waals surface area contributed by atoms with Gasteiger partial charge in [-0.25, -0.2) is 0 Å². The summed E-state index contributed by atoms with van der Waals surface area (Å²) in [7, 11) is 0. The number of carbonyl (C=O) groups is 1. The van der Waals surface area contributed by atoms with E-state index in [1.807, 2.05) is 0 Å². The van der Waals surface area contributed by atoms with E-state index in [0.717, 1.165) is 25.5 Å². The number of ether oxygens (including phenoxy) is 2. The van der Waals surface area contributed by atoms with Gasteiger partial charge in [0.1, 0.15) is 12.4 Å². The molecular formula is C18H17ClN2O5. The van der Waals surface area contributed by atoms with Crippen LogP contribution in [0.15, 0.2) is 42.5 Å². The van der Waals surface area contributed by atoms with Crippen molar-refractivity contribution in [2.45, 2.75) is 18.9 Å². The Bertz CT molecular complexity index is 804. The lowest BCUT2D eigenvalue weighted by atomic mass is 10.2. The molecule has 1 N–H and O–H groups in total. The van der Waals surface area contributed by atoms with Crippen LogP contribution in [0.5, 0.6) is 5.75 Å². The lowest BCUT2D eigenvalue weighted by molar-refractivity contribution is -0.384. The number of hydrogen-bond acceptors (Lipinski definition) is 5. The third kappa shape index (κ3) is 4.50. The molecule has 3 rings (SSSR count). The van der Waals surface area contributed by atoms with Crippen LogP contribution in [0.1, 0.15) is 23.2 Å². The van der Waals surface area contributed by atoms with Crippen LogP contribution in [0.3, 0.4) is 0 Å². The van der Waals surface area contributed by atoms with E-state index in [1.54, 1.807) is 24.3 Å². The molecule has 136 valence electrons. The third-order valence-electron chi connectivity index (χ3n) is 3.98. The summed E-state index contributed by atoms with van der Waals surface area (Å²) in [6, 6.07) is 10.6. The number of hydrogen-bond donors (Lipinski definition) is 1. The molecule has 0 aliphatic carbocycles. The van der Waals surface area contributed by atoms with Crippen molar-refractivity contribution in [2.24, 2.45) is 0 Å². The Morgan fingerprint density at radius 1 is 1.31 bits per heavy atom. The van der Waals surface area contributed by atoms with E-state index in [1.165, 1.54) is 12.1 Å². The van der Waals surface area contributed by atoms with Crippen LogP contribution >= 0.6 is 11.6 Å². The first-order valence-electron chi connectivity index (χ1n) is 8.12. The number of amides is 1. The number of anilines is 1. The molecule has 0 spiro atoms. The Kier molecular flexibility index (Phi) is 5.70. The number of nitro benzene ring substituents is 1. The second-order valence-corrected chi connectivity index (χ2v) is 6.25. The van der Waals surface area contributed by atoms with Gasteiger partial charge in [-0.3, -0.25) is 14.9 Å². The Hall–Kier alpha value is -2.64. The molecule has 0 aromatic heterocycles. The molecule has 8 heteroatoms. The predicted octanol–water partition coefficient (Wildman–Crippen LogP) is 4.06. The first-order chi connectivity index (χ1) is 12.5. The van der Waals surface area contributed by atoms with Gasteiger partial charge in [-0.1, -0.05) is 11.6 Å². The summed E-state index contributed by atoms with van der Waals surface area (Å²) in [5.74, 6) is 0.151. The number of non-ortho nitro benzene ring substituents is 1. The molecular weight excluding hydrogens is 360 g/mol. The molecule has 1 aliphatic rings. The van der Waals surface area contributed by atoms with E-state index in [-0.39, 0.29) is 22.4 Å².